The molecule has 0 aromatic rings. The fourth-order valence-electron chi connectivity index (χ4n) is 2.39. The molecule has 0 heterocycles. The van der Waals surface area contributed by atoms with Gasteiger partial charge in [-0.3, -0.25) is 0 Å². The van der Waals surface area contributed by atoms with Crippen LogP contribution < -0.4 is 0 Å². The van der Waals surface area contributed by atoms with Gasteiger partial charge in [0.25, 0.3) is 0 Å². The Bertz CT molecular complexity index is 298. The number of hydrogen-bond donors (Lipinski definition) is 0. The summed E-state index contributed by atoms with van der Waals surface area (Å²) in [6, 6.07) is 0. The van der Waals surface area contributed by atoms with Gasteiger partial charge < -0.3 is 9.22 Å². The van der Waals surface area contributed by atoms with Crippen molar-refractivity contribution in [2.45, 2.75) is 65.2 Å². The number of quaternary nitrogens is 1. The molecular weight excluding hydrogens is 262 g/mol. The summed E-state index contributed by atoms with van der Waals surface area (Å²) in [4.78, 5) is 11.3. The van der Waals surface area contributed by atoms with E-state index in [-0.39, 0.29) is 5.97 Å². The van der Waals surface area contributed by atoms with Crippen LogP contribution in [0.1, 0.15) is 65.2 Å². The smallest absolute Gasteiger partial charge is 0.333 e. The van der Waals surface area contributed by atoms with Gasteiger partial charge in [-0.25, -0.2) is 4.79 Å². The molecule has 0 aromatic carbocycles. The van der Waals surface area contributed by atoms with E-state index in [9.17, 15) is 4.79 Å². The summed E-state index contributed by atoms with van der Waals surface area (Å²) in [5.41, 5.74) is 0.479. The topological polar surface area (TPSA) is 26.3 Å². The molecule has 0 aliphatic rings. The van der Waals surface area contributed by atoms with Gasteiger partial charge in [-0.05, 0) is 19.8 Å². The van der Waals surface area contributed by atoms with E-state index in [1.54, 1.807) is 6.92 Å². The van der Waals surface area contributed by atoms with Gasteiger partial charge in [0.1, 0.15) is 0 Å². The van der Waals surface area contributed by atoms with Crippen molar-refractivity contribution in [1.82, 2.24) is 0 Å². The zero-order valence-corrected chi connectivity index (χ0v) is 14.7. The van der Waals surface area contributed by atoms with Crippen LogP contribution in [0.2, 0.25) is 0 Å². The maximum absolute atomic E-state index is 11.3. The van der Waals surface area contributed by atoms with E-state index in [4.69, 9.17) is 4.74 Å². The maximum Gasteiger partial charge on any atom is 0.333 e. The zero-order chi connectivity index (χ0) is 16.1. The minimum absolute atomic E-state index is 0.271. The Hall–Kier alpha value is -0.830. The van der Waals surface area contributed by atoms with Crippen LogP contribution in [-0.2, 0) is 9.53 Å². The molecule has 0 atom stereocenters. The van der Waals surface area contributed by atoms with Crippen molar-refractivity contribution in [3.05, 3.63) is 12.2 Å². The lowest BCUT2D eigenvalue weighted by atomic mass is 10.1. The van der Waals surface area contributed by atoms with Gasteiger partial charge in [0.05, 0.1) is 33.8 Å². The normalized spacial score (nSPS) is 11.4. The maximum atomic E-state index is 11.3. The summed E-state index contributed by atoms with van der Waals surface area (Å²) in [6.45, 7) is 10.3. The lowest BCUT2D eigenvalue weighted by Crippen LogP contribution is -2.41. The third kappa shape index (κ3) is 12.6. The van der Waals surface area contributed by atoms with E-state index in [0.29, 0.717) is 12.2 Å². The van der Waals surface area contributed by atoms with Crippen molar-refractivity contribution in [3.63, 3.8) is 0 Å². The van der Waals surface area contributed by atoms with Crippen LogP contribution in [0.15, 0.2) is 12.2 Å². The highest BCUT2D eigenvalue weighted by atomic mass is 16.5. The average molecular weight is 298 g/mol. The first-order valence-corrected chi connectivity index (χ1v) is 8.53. The number of rotatable bonds is 13. The van der Waals surface area contributed by atoms with Crippen LogP contribution in [0.5, 0.6) is 0 Å². The molecule has 124 valence electrons. The minimum atomic E-state index is -0.271. The van der Waals surface area contributed by atoms with E-state index in [1.165, 1.54) is 51.5 Å². The highest BCUT2D eigenvalue weighted by Crippen LogP contribution is 2.10. The molecule has 0 aromatic heterocycles. The average Bonchev–Trinajstić information content (AvgIpc) is 2.42. The van der Waals surface area contributed by atoms with Crippen molar-refractivity contribution < 1.29 is 14.0 Å². The van der Waals surface area contributed by atoms with E-state index in [1.807, 2.05) is 0 Å². The van der Waals surface area contributed by atoms with Gasteiger partial charge in [0, 0.05) is 12.0 Å². The molecule has 0 aliphatic heterocycles. The van der Waals surface area contributed by atoms with Crippen LogP contribution in [0.3, 0.4) is 0 Å². The molecule has 0 aliphatic carbocycles. The number of ether oxygens (including phenoxy) is 1. The third-order valence-electron chi connectivity index (χ3n) is 3.86. The lowest BCUT2D eigenvalue weighted by molar-refractivity contribution is -0.890. The summed E-state index contributed by atoms with van der Waals surface area (Å²) in [6.07, 6.45) is 10.4. The van der Waals surface area contributed by atoms with Crippen LogP contribution in [0.4, 0.5) is 0 Å². The van der Waals surface area contributed by atoms with E-state index in [2.05, 4.69) is 27.6 Å². The molecule has 0 fully saturated rings. The molecule has 0 saturated carbocycles. The molecule has 3 heteroatoms. The standard InChI is InChI=1S/C18H36NO2/c1-6-7-8-9-10-11-12-14-19(4,5)15-13-16-21-18(20)17(2)3/h2,6-16H2,1,3-5H3/q+1. The number of carbonyl (C=O) groups is 1. The van der Waals surface area contributed by atoms with Crippen molar-refractivity contribution in [1.29, 1.82) is 0 Å². The van der Waals surface area contributed by atoms with Gasteiger partial charge >= 0.3 is 5.97 Å². The Morgan fingerprint density at radius 3 is 2.05 bits per heavy atom. The summed E-state index contributed by atoms with van der Waals surface area (Å²) in [5.74, 6) is -0.271. The van der Waals surface area contributed by atoms with Gasteiger partial charge in [0.15, 0.2) is 0 Å². The second kappa shape index (κ2) is 11.8. The van der Waals surface area contributed by atoms with Crippen molar-refractivity contribution in [2.75, 3.05) is 33.8 Å². The minimum Gasteiger partial charge on any atom is -0.462 e. The summed E-state index contributed by atoms with van der Waals surface area (Å²) >= 11 is 0. The predicted octanol–water partition coefficient (Wildman–Crippen LogP) is 4.32. The molecule has 0 radical (unpaired) electrons. The fraction of sp³-hybridized carbons (Fsp3) is 0.833. The highest BCUT2D eigenvalue weighted by molar-refractivity contribution is 5.86. The second-order valence-electron chi connectivity index (χ2n) is 6.77. The van der Waals surface area contributed by atoms with Gasteiger partial charge in [-0.15, -0.1) is 0 Å². The van der Waals surface area contributed by atoms with Crippen molar-refractivity contribution >= 4 is 5.97 Å². The van der Waals surface area contributed by atoms with Crippen molar-refractivity contribution in [2.24, 2.45) is 0 Å². The predicted molar refractivity (Wildman–Crippen MR) is 90.2 cm³/mol. The SMILES string of the molecule is C=C(C)C(=O)OCCC[N+](C)(C)CCCCCCCCC. The zero-order valence-electron chi connectivity index (χ0n) is 14.7. The molecule has 0 spiro atoms. The highest BCUT2D eigenvalue weighted by Gasteiger charge is 2.14. The molecule has 0 saturated heterocycles. The monoisotopic (exact) mass is 298 g/mol. The van der Waals surface area contributed by atoms with Crippen molar-refractivity contribution in [3.8, 4) is 0 Å². The lowest BCUT2D eigenvalue weighted by Gasteiger charge is -2.29. The van der Waals surface area contributed by atoms with Gasteiger partial charge in [0.2, 0.25) is 0 Å². The summed E-state index contributed by atoms with van der Waals surface area (Å²) in [7, 11) is 4.52. The first-order valence-electron chi connectivity index (χ1n) is 8.53. The molecular formula is C18H36NO2+. The van der Waals surface area contributed by atoms with Crippen LogP contribution in [0.25, 0.3) is 0 Å². The van der Waals surface area contributed by atoms with Crippen LogP contribution in [0, 0.1) is 0 Å². The van der Waals surface area contributed by atoms with Gasteiger partial charge in [-0.1, -0.05) is 45.6 Å². The van der Waals surface area contributed by atoms with E-state index < -0.39 is 0 Å². The van der Waals surface area contributed by atoms with Crippen LogP contribution >= 0.6 is 0 Å². The molecule has 21 heavy (non-hydrogen) atoms. The number of esters is 1. The van der Waals surface area contributed by atoms with Gasteiger partial charge in [-0.2, -0.15) is 0 Å². The quantitative estimate of drug-likeness (QED) is 0.219. The van der Waals surface area contributed by atoms with E-state index >= 15 is 0 Å². The first kappa shape index (κ1) is 20.2. The number of hydrogen-bond acceptors (Lipinski definition) is 2. The number of carbonyl (C=O) groups excluding carboxylic acids is 1. The Kier molecular flexibility index (Phi) is 11.3. The number of nitrogens with zero attached hydrogens (tertiary/aromatic N) is 1. The number of unbranched alkanes of at least 4 members (excludes halogenated alkanes) is 6. The molecule has 0 N–H and O–H groups in total. The molecule has 0 bridgehead atoms. The summed E-state index contributed by atoms with van der Waals surface area (Å²) in [5, 5.41) is 0. The Balaban J connectivity index is 3.55. The fourth-order valence-corrected chi connectivity index (χ4v) is 2.39. The Labute approximate surface area is 131 Å². The molecule has 0 unspecified atom stereocenters. The molecule has 0 amide bonds. The Morgan fingerprint density at radius 1 is 0.952 bits per heavy atom. The van der Waals surface area contributed by atoms with E-state index in [0.717, 1.165) is 17.4 Å². The second-order valence-corrected chi connectivity index (χ2v) is 6.77. The molecule has 0 rings (SSSR count). The molecule has 3 nitrogen and oxygen atoms in total. The summed E-state index contributed by atoms with van der Waals surface area (Å²) < 4.78 is 6.14. The van der Waals surface area contributed by atoms with Crippen LogP contribution in [-0.4, -0.2) is 44.2 Å². The third-order valence-corrected chi connectivity index (χ3v) is 3.86. The largest absolute Gasteiger partial charge is 0.462 e. The Morgan fingerprint density at radius 2 is 1.48 bits per heavy atom. The first-order chi connectivity index (χ1) is 9.89.